The molecule has 0 saturated carbocycles. The molecule has 8 aromatic carbocycles. The number of thiazole rings is 1. The third-order valence-corrected chi connectivity index (χ3v) is 13.4. The second-order valence-corrected chi connectivity index (χ2v) is 19.3. The molecule has 0 saturated heterocycles. The molecule has 0 aliphatic carbocycles. The molecule has 16 heteroatoms. The fraction of sp³-hybridized carbons (Fsp3) is 0.333. The average Bonchev–Trinajstić information content (AvgIpc) is 1.80. The lowest BCUT2D eigenvalue weighted by atomic mass is 10.2. The van der Waals surface area contributed by atoms with Crippen LogP contribution in [0.15, 0.2) is 333 Å². The molecule has 0 aliphatic heterocycles. The molecule has 676 valence electrons. The molecule has 10 heterocycles. The second kappa shape index (κ2) is 107. The number of hydrogen-bond donors (Lipinski definition) is 0. The Kier molecular flexibility index (Phi) is 112. The van der Waals surface area contributed by atoms with Gasteiger partial charge >= 0.3 is 0 Å². The number of para-hydroxylation sites is 7. The summed E-state index contributed by atoms with van der Waals surface area (Å²) in [5.74, 6) is 0. The molecule has 0 unspecified atom stereocenters. The number of aromatic nitrogens is 14. The van der Waals surface area contributed by atoms with E-state index in [1.807, 2.05) is 492 Å². The summed E-state index contributed by atoms with van der Waals surface area (Å²) in [5.41, 5.74) is 10.4. The van der Waals surface area contributed by atoms with Gasteiger partial charge in [-0.25, -0.2) is 29.9 Å². The zero-order valence-corrected chi connectivity index (χ0v) is 84.1. The van der Waals surface area contributed by atoms with Crippen LogP contribution in [-0.2, 0) is 0 Å². The van der Waals surface area contributed by atoms with E-state index in [-0.39, 0.29) is 0 Å². The maximum atomic E-state index is 5.01. The zero-order valence-electron chi connectivity index (χ0n) is 83.3. The molecular formula is C108H162N14OS. The number of benzene rings is 8. The molecule has 0 amide bonds. The molecule has 0 spiro atoms. The van der Waals surface area contributed by atoms with Crippen molar-refractivity contribution in [3.8, 4) is 0 Å². The Morgan fingerprint density at radius 1 is 0.202 bits per heavy atom. The van der Waals surface area contributed by atoms with Crippen LogP contribution >= 0.6 is 11.3 Å². The summed E-state index contributed by atoms with van der Waals surface area (Å²) in [5, 5.41) is 24.5. The summed E-state index contributed by atoms with van der Waals surface area (Å²) in [6, 6.07) is 79.5. The smallest absolute Gasteiger partial charge is 0.181 e. The van der Waals surface area contributed by atoms with Crippen LogP contribution < -0.4 is 0 Å². The third-order valence-electron chi connectivity index (χ3n) is 12.6. The Morgan fingerprint density at radius 2 is 0.532 bits per heavy atom. The Hall–Kier alpha value is -12.1. The van der Waals surface area contributed by atoms with E-state index in [0.717, 1.165) is 76.8 Å². The molecule has 10 aromatic heterocycles. The van der Waals surface area contributed by atoms with Crippen LogP contribution in [0.3, 0.4) is 0 Å². The molecule has 0 radical (unpaired) electrons. The van der Waals surface area contributed by atoms with Crippen LogP contribution in [0.1, 0.15) is 249 Å². The van der Waals surface area contributed by atoms with E-state index in [1.165, 1.54) is 27.3 Å². The van der Waals surface area contributed by atoms with E-state index in [9.17, 15) is 0 Å². The largest absolute Gasteiger partial charge is 0.443 e. The first-order chi connectivity index (χ1) is 61.7. The minimum absolute atomic E-state index is 0.810. The Bertz CT molecular complexity index is 3760. The summed E-state index contributed by atoms with van der Waals surface area (Å²) in [6.07, 6.45) is 22.4. The van der Waals surface area contributed by atoms with Crippen LogP contribution in [0.2, 0.25) is 0 Å². The molecule has 124 heavy (non-hydrogen) atoms. The zero-order chi connectivity index (χ0) is 95.9. The van der Waals surface area contributed by atoms with Crippen LogP contribution in [0, 0.1) is 0 Å². The van der Waals surface area contributed by atoms with E-state index in [4.69, 9.17) is 4.42 Å². The maximum Gasteiger partial charge on any atom is 0.181 e. The fourth-order valence-electron chi connectivity index (χ4n) is 8.26. The minimum atomic E-state index is 0.810. The van der Waals surface area contributed by atoms with Crippen molar-refractivity contribution in [3.05, 3.63) is 329 Å². The Labute approximate surface area is 757 Å². The highest BCUT2D eigenvalue weighted by Gasteiger charge is 1.95. The fourth-order valence-corrected chi connectivity index (χ4v) is 8.93. The summed E-state index contributed by atoms with van der Waals surface area (Å²) in [4.78, 5) is 40.6. The number of oxazole rings is 1. The van der Waals surface area contributed by atoms with Gasteiger partial charge in [-0.2, -0.15) is 20.4 Å². The minimum Gasteiger partial charge on any atom is -0.443 e. The van der Waals surface area contributed by atoms with Crippen molar-refractivity contribution in [2.24, 2.45) is 0 Å². The molecule has 0 bridgehead atoms. The van der Waals surface area contributed by atoms with Gasteiger partial charge in [0.15, 0.2) is 17.6 Å². The molecule has 18 aromatic rings. The Balaban J connectivity index is -0.000000164. The molecular weight excluding hydrogens is 1540 g/mol. The van der Waals surface area contributed by atoms with Crippen molar-refractivity contribution in [1.82, 2.24) is 70.2 Å². The van der Waals surface area contributed by atoms with Crippen molar-refractivity contribution in [1.29, 1.82) is 0 Å². The summed E-state index contributed by atoms with van der Waals surface area (Å²) < 4.78 is 6.27. The van der Waals surface area contributed by atoms with Gasteiger partial charge in [-0.1, -0.05) is 395 Å². The lowest BCUT2D eigenvalue weighted by Gasteiger charge is -1.91. The maximum absolute atomic E-state index is 5.01. The van der Waals surface area contributed by atoms with Gasteiger partial charge in [-0.3, -0.25) is 19.9 Å². The van der Waals surface area contributed by atoms with Gasteiger partial charge in [-0.15, -0.1) is 11.3 Å². The van der Waals surface area contributed by atoms with E-state index >= 15 is 0 Å². The monoisotopic (exact) mass is 1700 g/mol. The van der Waals surface area contributed by atoms with Crippen molar-refractivity contribution in [2.45, 2.75) is 249 Å². The molecule has 0 aliphatic rings. The predicted octanol–water partition coefficient (Wildman–Crippen LogP) is 35.2. The van der Waals surface area contributed by atoms with Gasteiger partial charge < -0.3 is 4.42 Å². The normalized spacial score (nSPS) is 8.00. The standard InChI is InChI=1S/2C9H7N.5C8H6N2.C7H5NO.C7H5NS.18C2H6/c1-2-6-9-8(4-1)5-3-7-10-9;1-2-4-9-7-10-6-5-8(9)3-1;1-3-7-4-2-6-10-8(7)9-5-1;1-2-4-8-7(3-1)5-9-6-10-8;1-2-4-8-6-10-9-5-7(8)3-1;1-2-4-8-7(3-1)9-5-6-10-8;1-2-4-8-7(3-1)5-6-9-10-8;2*1-2-4-7-6(3-1)8-5-9-7;18*1-2/h2*1-7H;5*1-6H;2*1-5H;18*1-2H3. The molecule has 15 nitrogen and oxygen atoms in total. The third kappa shape index (κ3) is 59.5. The Morgan fingerprint density at radius 3 is 0.960 bits per heavy atom. The van der Waals surface area contributed by atoms with Crippen LogP contribution in [0.25, 0.3) is 97.6 Å². The molecule has 0 atom stereocenters. The lowest BCUT2D eigenvalue weighted by Crippen LogP contribution is -1.79. The first-order valence-corrected chi connectivity index (χ1v) is 46.5. The highest BCUT2D eigenvalue weighted by molar-refractivity contribution is 7.16. The van der Waals surface area contributed by atoms with Crippen molar-refractivity contribution < 1.29 is 4.42 Å². The summed E-state index contributed by atoms with van der Waals surface area (Å²) >= 11 is 1.68. The van der Waals surface area contributed by atoms with Gasteiger partial charge in [0.05, 0.1) is 61.9 Å². The molecule has 0 N–H and O–H groups in total. The van der Waals surface area contributed by atoms with Crippen molar-refractivity contribution in [2.75, 3.05) is 0 Å². The van der Waals surface area contributed by atoms with E-state index < -0.39 is 0 Å². The molecule has 18 rings (SSSR count). The number of fused-ring (bicyclic) bond motifs is 9. The molecule has 0 fully saturated rings. The van der Waals surface area contributed by atoms with Gasteiger partial charge in [-0.05, 0) is 108 Å². The van der Waals surface area contributed by atoms with Gasteiger partial charge in [0.25, 0.3) is 0 Å². The van der Waals surface area contributed by atoms with Crippen molar-refractivity contribution >= 4 is 109 Å². The number of nitrogens with zero attached hydrogens (tertiary/aromatic N) is 14. The first-order valence-electron chi connectivity index (χ1n) is 45.6. The SMILES string of the molecule is CC.CC.CC.CC.CC.CC.CC.CC.CC.CC.CC.CC.CC.CC.CC.CC.CC.CC.c1ccc2cnccc2c1.c1ccc2cnncc2c1.c1ccc2ncccc2c1.c1ccc2nccnc2c1.c1ccc2ncncc2c1.c1ccc2nnccc2c1.c1ccc2ocnc2c1.c1ccc2scnc2c1.c1cnc2ncccc2c1. The number of hydrogen-bond acceptors (Lipinski definition) is 16. The van der Waals surface area contributed by atoms with Crippen LogP contribution in [0.5, 0.6) is 0 Å². The topological polar surface area (TPSA) is 194 Å². The summed E-state index contributed by atoms with van der Waals surface area (Å²) in [7, 11) is 0. The average molecular weight is 1700 g/mol. The second-order valence-electron chi connectivity index (χ2n) is 18.4. The predicted molar refractivity (Wildman–Crippen MR) is 559 cm³/mol. The number of pyridine rings is 4. The van der Waals surface area contributed by atoms with Crippen molar-refractivity contribution in [3.63, 3.8) is 0 Å². The first kappa shape index (κ1) is 130. The lowest BCUT2D eigenvalue weighted by molar-refractivity contribution is 0.602. The number of rotatable bonds is 0. The van der Waals surface area contributed by atoms with E-state index in [1.54, 1.807) is 61.0 Å². The highest BCUT2D eigenvalue weighted by atomic mass is 32.1. The summed E-state index contributed by atoms with van der Waals surface area (Å²) in [6.45, 7) is 72.0. The van der Waals surface area contributed by atoms with Gasteiger partial charge in [0.1, 0.15) is 11.8 Å². The van der Waals surface area contributed by atoms with E-state index in [2.05, 4.69) is 101 Å². The quantitative estimate of drug-likeness (QED) is 0.139. The van der Waals surface area contributed by atoms with Crippen LogP contribution in [0.4, 0.5) is 0 Å². The van der Waals surface area contributed by atoms with E-state index in [0.29, 0.717) is 0 Å². The van der Waals surface area contributed by atoms with Gasteiger partial charge in [0, 0.05) is 81.9 Å². The highest BCUT2D eigenvalue weighted by Crippen LogP contribution is 2.17. The van der Waals surface area contributed by atoms with Crippen LogP contribution in [-0.4, -0.2) is 70.2 Å². The van der Waals surface area contributed by atoms with Gasteiger partial charge in [0.2, 0.25) is 0 Å².